The number of esters is 1. The lowest BCUT2D eigenvalue weighted by molar-refractivity contribution is -0.156. The number of rotatable bonds is 20. The third-order valence-electron chi connectivity index (χ3n) is 8.65. The van der Waals surface area contributed by atoms with E-state index in [9.17, 15) is 24.6 Å². The topological polar surface area (TPSA) is 107 Å². The van der Waals surface area contributed by atoms with Crippen LogP contribution in [0.4, 0.5) is 0 Å². The van der Waals surface area contributed by atoms with Gasteiger partial charge in [-0.05, 0) is 51.4 Å². The summed E-state index contributed by atoms with van der Waals surface area (Å²) >= 11 is 0. The first kappa shape index (κ1) is 36.0. The lowest BCUT2D eigenvalue weighted by Crippen LogP contribution is -2.52. The third kappa shape index (κ3) is 12.6. The second-order valence-corrected chi connectivity index (χ2v) is 12.1. The van der Waals surface area contributed by atoms with Gasteiger partial charge in [0.15, 0.2) is 0 Å². The molecule has 0 aromatic heterocycles. The maximum atomic E-state index is 13.0. The highest BCUT2D eigenvalue weighted by Crippen LogP contribution is 2.26. The number of ether oxygens (including phenoxy) is 1. The number of amides is 2. The Bertz CT molecular complexity index is 859. The zero-order valence-electron chi connectivity index (χ0n) is 26.6. The lowest BCUT2D eigenvalue weighted by Gasteiger charge is -2.39. The van der Waals surface area contributed by atoms with Gasteiger partial charge < -0.3 is 24.7 Å². The van der Waals surface area contributed by atoms with Crippen LogP contribution < -0.4 is 0 Å². The van der Waals surface area contributed by atoms with Gasteiger partial charge in [-0.1, -0.05) is 89.5 Å². The third-order valence-corrected chi connectivity index (χ3v) is 8.65. The van der Waals surface area contributed by atoms with Crippen molar-refractivity contribution in [1.82, 2.24) is 9.80 Å². The maximum Gasteiger partial charge on any atom is 0.328 e. The quantitative estimate of drug-likeness (QED) is 0.105. The molecule has 0 bridgehead atoms. The summed E-state index contributed by atoms with van der Waals surface area (Å²) in [5.41, 5.74) is 0. The Labute approximate surface area is 254 Å². The molecule has 3 unspecified atom stereocenters. The summed E-state index contributed by atoms with van der Waals surface area (Å²) < 4.78 is 5.12. The molecule has 0 aromatic carbocycles. The molecule has 2 saturated heterocycles. The molecule has 0 aromatic rings. The first-order chi connectivity index (χ1) is 20.3. The monoisotopic (exact) mass is 590 g/mol. The normalized spacial score (nSPS) is 22.2. The highest BCUT2D eigenvalue weighted by molar-refractivity contribution is 5.85. The van der Waals surface area contributed by atoms with Gasteiger partial charge in [-0.3, -0.25) is 9.59 Å². The number of hydrogen-bond donors (Lipinski definition) is 2. The maximum absolute atomic E-state index is 13.0. The van der Waals surface area contributed by atoms with Crippen LogP contribution in [0.1, 0.15) is 129 Å². The summed E-state index contributed by atoms with van der Waals surface area (Å²) in [5.74, 6) is -0.285. The molecular formula is C34H58N2O6. The summed E-state index contributed by atoms with van der Waals surface area (Å²) in [6.07, 6.45) is 21.5. The lowest BCUT2D eigenvalue weighted by atomic mass is 9.95. The average Bonchev–Trinajstić information content (AvgIpc) is 2.98. The van der Waals surface area contributed by atoms with E-state index in [2.05, 4.69) is 13.8 Å². The van der Waals surface area contributed by atoms with E-state index < -0.39 is 24.2 Å². The molecular weight excluding hydrogens is 532 g/mol. The zero-order valence-corrected chi connectivity index (χ0v) is 26.6. The van der Waals surface area contributed by atoms with Crippen molar-refractivity contribution in [2.24, 2.45) is 0 Å². The average molecular weight is 591 g/mol. The Morgan fingerprint density at radius 2 is 1.36 bits per heavy atom. The minimum atomic E-state index is -0.656. The summed E-state index contributed by atoms with van der Waals surface area (Å²) in [5, 5.41) is 20.7. The molecule has 240 valence electrons. The van der Waals surface area contributed by atoms with Crippen molar-refractivity contribution in [3.8, 4) is 0 Å². The highest BCUT2D eigenvalue weighted by Gasteiger charge is 2.36. The van der Waals surface area contributed by atoms with E-state index in [0.717, 1.165) is 89.9 Å². The standard InChI is InChI=1S/C34H58N2O6/c1-4-6-9-17-29(37)24-22-27-15-13-20-32(39)35(27)26-12-8-11-19-31(34(41)42-3)36-28(16-14-21-33(36)40)23-25-30(38)18-10-7-5-2/h22-25,27-31,37-38H,4-21,26H2,1-3H3/t27-,28-,29?,30?,31?/m1/s1. The van der Waals surface area contributed by atoms with Gasteiger partial charge in [0, 0.05) is 19.4 Å². The molecule has 8 nitrogen and oxygen atoms in total. The number of carbonyl (C=O) groups is 3. The Balaban J connectivity index is 1.93. The van der Waals surface area contributed by atoms with Crippen LogP contribution in [-0.2, 0) is 19.1 Å². The number of unbranched alkanes of at least 4 members (excludes halogenated alkanes) is 6. The van der Waals surface area contributed by atoms with E-state index >= 15 is 0 Å². The molecule has 2 heterocycles. The van der Waals surface area contributed by atoms with Crippen molar-refractivity contribution in [3.05, 3.63) is 24.3 Å². The van der Waals surface area contributed by atoms with Crippen LogP contribution in [-0.4, -0.2) is 81.8 Å². The summed E-state index contributed by atoms with van der Waals surface area (Å²) in [4.78, 5) is 42.2. The van der Waals surface area contributed by atoms with Crippen molar-refractivity contribution in [1.29, 1.82) is 0 Å². The van der Waals surface area contributed by atoms with E-state index in [1.54, 1.807) is 11.0 Å². The van der Waals surface area contributed by atoms with Crippen LogP contribution in [0.25, 0.3) is 0 Å². The number of methoxy groups -OCH3 is 1. The minimum absolute atomic E-state index is 0.0192. The Morgan fingerprint density at radius 1 is 0.810 bits per heavy atom. The summed E-state index contributed by atoms with van der Waals surface area (Å²) in [7, 11) is 1.36. The Kier molecular flexibility index (Phi) is 17.7. The zero-order chi connectivity index (χ0) is 30.7. The predicted octanol–water partition coefficient (Wildman–Crippen LogP) is 5.85. The summed E-state index contributed by atoms with van der Waals surface area (Å²) in [6, 6.07) is -0.867. The van der Waals surface area contributed by atoms with E-state index in [4.69, 9.17) is 4.74 Å². The van der Waals surface area contributed by atoms with Crippen molar-refractivity contribution >= 4 is 17.8 Å². The fourth-order valence-electron chi connectivity index (χ4n) is 6.16. The molecule has 0 radical (unpaired) electrons. The molecule has 0 aliphatic carbocycles. The summed E-state index contributed by atoms with van der Waals surface area (Å²) in [6.45, 7) is 4.92. The number of hydrogen-bond acceptors (Lipinski definition) is 6. The molecule has 2 amide bonds. The molecule has 2 fully saturated rings. The first-order valence-corrected chi connectivity index (χ1v) is 16.7. The van der Waals surface area contributed by atoms with E-state index in [0.29, 0.717) is 32.2 Å². The van der Waals surface area contributed by atoms with Gasteiger partial charge in [-0.25, -0.2) is 4.79 Å². The number of aliphatic hydroxyl groups excluding tert-OH is 2. The molecule has 5 atom stereocenters. The molecule has 0 spiro atoms. The molecule has 8 heteroatoms. The Hall–Kier alpha value is -2.19. The second-order valence-electron chi connectivity index (χ2n) is 12.1. The van der Waals surface area contributed by atoms with Crippen LogP contribution in [0.3, 0.4) is 0 Å². The molecule has 0 saturated carbocycles. The molecule has 2 aliphatic rings. The fraction of sp³-hybridized carbons (Fsp3) is 0.794. The van der Waals surface area contributed by atoms with Crippen molar-refractivity contribution in [2.75, 3.05) is 13.7 Å². The van der Waals surface area contributed by atoms with Crippen molar-refractivity contribution in [3.63, 3.8) is 0 Å². The fourth-order valence-corrected chi connectivity index (χ4v) is 6.16. The molecule has 2 aliphatic heterocycles. The van der Waals surface area contributed by atoms with Crippen LogP contribution >= 0.6 is 0 Å². The molecule has 42 heavy (non-hydrogen) atoms. The molecule has 2 N–H and O–H groups in total. The van der Waals surface area contributed by atoms with Gasteiger partial charge >= 0.3 is 5.97 Å². The van der Waals surface area contributed by atoms with Gasteiger partial charge in [-0.2, -0.15) is 0 Å². The minimum Gasteiger partial charge on any atom is -0.467 e. The smallest absolute Gasteiger partial charge is 0.328 e. The van der Waals surface area contributed by atoms with E-state index in [-0.39, 0.29) is 23.9 Å². The number of likely N-dealkylation sites (tertiary alicyclic amines) is 2. The van der Waals surface area contributed by atoms with Gasteiger partial charge in [0.1, 0.15) is 6.04 Å². The van der Waals surface area contributed by atoms with Gasteiger partial charge in [0.2, 0.25) is 11.8 Å². The van der Waals surface area contributed by atoms with E-state index in [1.165, 1.54) is 7.11 Å². The van der Waals surface area contributed by atoms with Crippen molar-refractivity contribution < 1.29 is 29.3 Å². The van der Waals surface area contributed by atoms with Crippen LogP contribution in [0, 0.1) is 0 Å². The van der Waals surface area contributed by atoms with Crippen LogP contribution in [0.5, 0.6) is 0 Å². The van der Waals surface area contributed by atoms with Gasteiger partial charge in [0.05, 0.1) is 31.4 Å². The Morgan fingerprint density at radius 3 is 1.95 bits per heavy atom. The largest absolute Gasteiger partial charge is 0.467 e. The number of nitrogens with zero attached hydrogens (tertiary/aromatic N) is 2. The van der Waals surface area contributed by atoms with Gasteiger partial charge in [0.25, 0.3) is 0 Å². The number of aliphatic hydroxyl groups is 2. The second kappa shape index (κ2) is 20.7. The van der Waals surface area contributed by atoms with Crippen LogP contribution in [0.15, 0.2) is 24.3 Å². The van der Waals surface area contributed by atoms with E-state index in [1.807, 2.05) is 23.1 Å². The highest BCUT2D eigenvalue weighted by atomic mass is 16.5. The predicted molar refractivity (Wildman–Crippen MR) is 167 cm³/mol. The molecule has 2 rings (SSSR count). The van der Waals surface area contributed by atoms with Crippen LogP contribution in [0.2, 0.25) is 0 Å². The van der Waals surface area contributed by atoms with Crippen molar-refractivity contribution in [2.45, 2.75) is 160 Å². The SMILES string of the molecule is CCCCCC(O)C=C[C@H]1CCCC(=O)N1CCCCCC(C(=O)OC)N1C(=O)CCC[C@@H]1C=CC(O)CCCCC. The number of carbonyl (C=O) groups excluding carboxylic acids is 3. The van der Waals surface area contributed by atoms with Gasteiger partial charge in [-0.15, -0.1) is 0 Å². The first-order valence-electron chi connectivity index (χ1n) is 16.7. The number of piperidine rings is 2.